The van der Waals surface area contributed by atoms with E-state index in [1.54, 1.807) is 10.9 Å². The highest BCUT2D eigenvalue weighted by molar-refractivity contribution is 5.29. The third-order valence-electron chi connectivity index (χ3n) is 2.69. The second kappa shape index (κ2) is 3.51. The lowest BCUT2D eigenvalue weighted by atomic mass is 10.0. The molecule has 0 amide bonds. The monoisotopic (exact) mass is 205 g/mol. The zero-order valence-electron chi connectivity index (χ0n) is 9.18. The van der Waals surface area contributed by atoms with Crippen LogP contribution < -0.4 is 5.73 Å². The van der Waals surface area contributed by atoms with E-state index < -0.39 is 0 Å². The van der Waals surface area contributed by atoms with Crippen molar-refractivity contribution in [3.8, 4) is 0 Å². The number of rotatable bonds is 2. The molecule has 2 aromatic heterocycles. The molecule has 0 saturated heterocycles. The molecule has 0 aliphatic carbocycles. The first-order valence-corrected chi connectivity index (χ1v) is 4.82. The fourth-order valence-corrected chi connectivity index (χ4v) is 1.60. The average molecular weight is 205 g/mol. The minimum atomic E-state index is -0.146. The second-order valence-electron chi connectivity index (χ2n) is 3.73. The summed E-state index contributed by atoms with van der Waals surface area (Å²) in [6.07, 6.45) is 5.53. The third-order valence-corrected chi connectivity index (χ3v) is 2.69. The molecule has 1 atom stereocenters. The van der Waals surface area contributed by atoms with Gasteiger partial charge in [-0.1, -0.05) is 0 Å². The number of hydrogen-bond acceptors (Lipinski definition) is 3. The van der Waals surface area contributed by atoms with E-state index in [1.165, 1.54) is 0 Å². The predicted molar refractivity (Wildman–Crippen MR) is 57.2 cm³/mol. The third kappa shape index (κ3) is 1.66. The summed E-state index contributed by atoms with van der Waals surface area (Å²) < 4.78 is 3.58. The summed E-state index contributed by atoms with van der Waals surface area (Å²) in [4.78, 5) is 0. The van der Waals surface area contributed by atoms with Crippen molar-refractivity contribution < 1.29 is 0 Å². The van der Waals surface area contributed by atoms with E-state index in [9.17, 15) is 0 Å². The van der Waals surface area contributed by atoms with Crippen LogP contribution >= 0.6 is 0 Å². The quantitative estimate of drug-likeness (QED) is 0.777. The maximum Gasteiger partial charge on any atom is 0.0616 e. The Morgan fingerprint density at radius 2 is 2.00 bits per heavy atom. The first-order valence-electron chi connectivity index (χ1n) is 4.82. The lowest BCUT2D eigenvalue weighted by Crippen LogP contribution is -2.12. The Labute approximate surface area is 88.5 Å². The maximum atomic E-state index is 6.14. The van der Waals surface area contributed by atoms with E-state index in [-0.39, 0.29) is 6.04 Å². The molecule has 5 nitrogen and oxygen atoms in total. The van der Waals surface area contributed by atoms with E-state index in [2.05, 4.69) is 10.2 Å². The van der Waals surface area contributed by atoms with Crippen molar-refractivity contribution in [3.05, 3.63) is 35.4 Å². The Morgan fingerprint density at radius 1 is 1.27 bits per heavy atom. The summed E-state index contributed by atoms with van der Waals surface area (Å²) in [7, 11) is 3.79. The van der Waals surface area contributed by atoms with Gasteiger partial charge in [0, 0.05) is 37.1 Å². The molecule has 15 heavy (non-hydrogen) atoms. The van der Waals surface area contributed by atoms with E-state index in [1.807, 2.05) is 38.1 Å². The van der Waals surface area contributed by atoms with Gasteiger partial charge < -0.3 is 5.73 Å². The van der Waals surface area contributed by atoms with Gasteiger partial charge in [-0.15, -0.1) is 0 Å². The Kier molecular flexibility index (Phi) is 2.32. The zero-order valence-corrected chi connectivity index (χ0v) is 9.18. The van der Waals surface area contributed by atoms with Gasteiger partial charge in [-0.05, 0) is 6.92 Å². The molecule has 0 fully saturated rings. The zero-order chi connectivity index (χ0) is 11.0. The van der Waals surface area contributed by atoms with Crippen LogP contribution in [0.4, 0.5) is 0 Å². The normalized spacial score (nSPS) is 13.1. The maximum absolute atomic E-state index is 6.14. The van der Waals surface area contributed by atoms with Crippen LogP contribution in [0.15, 0.2) is 18.6 Å². The largest absolute Gasteiger partial charge is 0.320 e. The van der Waals surface area contributed by atoms with Gasteiger partial charge in [0.25, 0.3) is 0 Å². The number of nitrogens with zero attached hydrogens (tertiary/aromatic N) is 4. The summed E-state index contributed by atoms with van der Waals surface area (Å²) in [5.41, 5.74) is 9.28. The molecule has 0 aliphatic heterocycles. The van der Waals surface area contributed by atoms with Crippen molar-refractivity contribution in [1.82, 2.24) is 19.6 Å². The van der Waals surface area contributed by atoms with Crippen LogP contribution in [-0.4, -0.2) is 19.6 Å². The molecule has 0 aromatic carbocycles. The highest BCUT2D eigenvalue weighted by Crippen LogP contribution is 2.21. The molecule has 0 spiro atoms. The molecular formula is C10H15N5. The SMILES string of the molecule is Cc1c(C(N)c2cnn(C)c2)cnn1C. The van der Waals surface area contributed by atoms with Crippen LogP contribution in [0, 0.1) is 6.92 Å². The summed E-state index contributed by atoms with van der Waals surface area (Å²) >= 11 is 0. The van der Waals surface area contributed by atoms with E-state index in [4.69, 9.17) is 5.73 Å². The molecule has 0 radical (unpaired) electrons. The van der Waals surface area contributed by atoms with Gasteiger partial charge in [0.15, 0.2) is 0 Å². The summed E-state index contributed by atoms with van der Waals surface area (Å²) in [5, 5.41) is 8.29. The molecule has 2 heterocycles. The van der Waals surface area contributed by atoms with Gasteiger partial charge in [0.1, 0.15) is 0 Å². The van der Waals surface area contributed by atoms with Crippen LogP contribution in [0.1, 0.15) is 22.9 Å². The van der Waals surface area contributed by atoms with Crippen molar-refractivity contribution in [2.24, 2.45) is 19.8 Å². The van der Waals surface area contributed by atoms with Gasteiger partial charge in [0.2, 0.25) is 0 Å². The highest BCUT2D eigenvalue weighted by Gasteiger charge is 2.15. The van der Waals surface area contributed by atoms with Gasteiger partial charge in [0.05, 0.1) is 18.4 Å². The van der Waals surface area contributed by atoms with Crippen LogP contribution in [-0.2, 0) is 14.1 Å². The van der Waals surface area contributed by atoms with Gasteiger partial charge in [-0.2, -0.15) is 10.2 Å². The fourth-order valence-electron chi connectivity index (χ4n) is 1.60. The molecule has 80 valence electrons. The predicted octanol–water partition coefficient (Wildman–Crippen LogP) is 0.510. The second-order valence-corrected chi connectivity index (χ2v) is 3.73. The Hall–Kier alpha value is -1.62. The Bertz CT molecular complexity index is 468. The summed E-state index contributed by atoms with van der Waals surface area (Å²) in [6, 6.07) is -0.146. The number of hydrogen-bond donors (Lipinski definition) is 1. The molecule has 2 rings (SSSR count). The Balaban J connectivity index is 2.36. The van der Waals surface area contributed by atoms with Crippen molar-refractivity contribution in [2.45, 2.75) is 13.0 Å². The molecule has 1 unspecified atom stereocenters. The van der Waals surface area contributed by atoms with Gasteiger partial charge >= 0.3 is 0 Å². The van der Waals surface area contributed by atoms with Crippen molar-refractivity contribution in [2.75, 3.05) is 0 Å². The number of aryl methyl sites for hydroxylation is 2. The topological polar surface area (TPSA) is 61.7 Å². The van der Waals surface area contributed by atoms with Crippen molar-refractivity contribution >= 4 is 0 Å². The standard InChI is InChI=1S/C10H15N5/c1-7-9(5-13-15(7)3)10(11)8-4-12-14(2)6-8/h4-6,10H,11H2,1-3H3. The van der Waals surface area contributed by atoms with Crippen LogP contribution in [0.3, 0.4) is 0 Å². The van der Waals surface area contributed by atoms with Crippen molar-refractivity contribution in [3.63, 3.8) is 0 Å². The van der Waals surface area contributed by atoms with Crippen LogP contribution in [0.25, 0.3) is 0 Å². The van der Waals surface area contributed by atoms with Crippen LogP contribution in [0.2, 0.25) is 0 Å². The van der Waals surface area contributed by atoms with Gasteiger partial charge in [-0.25, -0.2) is 0 Å². The minimum Gasteiger partial charge on any atom is -0.320 e. The first kappa shape index (κ1) is 9.92. The molecule has 2 N–H and O–H groups in total. The lowest BCUT2D eigenvalue weighted by molar-refractivity contribution is 0.733. The number of nitrogens with two attached hydrogens (primary N) is 1. The van der Waals surface area contributed by atoms with Crippen LogP contribution in [0.5, 0.6) is 0 Å². The molecule has 0 aliphatic rings. The first-order chi connectivity index (χ1) is 7.09. The molecule has 5 heteroatoms. The van der Waals surface area contributed by atoms with E-state index >= 15 is 0 Å². The smallest absolute Gasteiger partial charge is 0.0616 e. The Morgan fingerprint density at radius 3 is 2.47 bits per heavy atom. The van der Waals surface area contributed by atoms with Gasteiger partial charge in [-0.3, -0.25) is 9.36 Å². The molecular weight excluding hydrogens is 190 g/mol. The molecule has 2 aromatic rings. The average Bonchev–Trinajstić information content (AvgIpc) is 2.75. The van der Waals surface area contributed by atoms with E-state index in [0.717, 1.165) is 16.8 Å². The van der Waals surface area contributed by atoms with E-state index in [0.29, 0.717) is 0 Å². The molecule has 0 saturated carbocycles. The summed E-state index contributed by atoms with van der Waals surface area (Å²) in [6.45, 7) is 2.01. The lowest BCUT2D eigenvalue weighted by Gasteiger charge is -2.08. The summed E-state index contributed by atoms with van der Waals surface area (Å²) in [5.74, 6) is 0. The highest BCUT2D eigenvalue weighted by atomic mass is 15.3. The number of aromatic nitrogens is 4. The minimum absolute atomic E-state index is 0.146. The molecule has 0 bridgehead atoms. The van der Waals surface area contributed by atoms with Crippen molar-refractivity contribution in [1.29, 1.82) is 0 Å². The fraction of sp³-hybridized carbons (Fsp3) is 0.400.